The topological polar surface area (TPSA) is 63.7 Å². The van der Waals surface area contributed by atoms with Crippen molar-refractivity contribution in [1.29, 1.82) is 0 Å². The number of rotatable bonds is 5. The lowest BCUT2D eigenvalue weighted by Gasteiger charge is -2.38. The van der Waals surface area contributed by atoms with Gasteiger partial charge in [-0.2, -0.15) is 0 Å². The highest BCUT2D eigenvalue weighted by Gasteiger charge is 2.56. The Morgan fingerprint density at radius 2 is 1.83 bits per heavy atom. The first-order valence-corrected chi connectivity index (χ1v) is 10.7. The second kappa shape index (κ2) is 7.46. The molecule has 0 radical (unpaired) electrons. The van der Waals surface area contributed by atoms with Crippen molar-refractivity contribution < 1.29 is 17.9 Å². The number of carbonyl (C=O) groups excluding carboxylic acids is 1. The summed E-state index contributed by atoms with van der Waals surface area (Å²) in [5, 5.41) is 0. The van der Waals surface area contributed by atoms with Crippen LogP contribution < -0.4 is 0 Å². The van der Waals surface area contributed by atoms with Crippen molar-refractivity contribution >= 4 is 39.3 Å². The first kappa shape index (κ1) is 18.6. The van der Waals surface area contributed by atoms with Crippen LogP contribution >= 0.6 is 23.5 Å². The van der Waals surface area contributed by atoms with E-state index in [0.29, 0.717) is 11.5 Å². The smallest absolute Gasteiger partial charge is 0.348 e. The van der Waals surface area contributed by atoms with E-state index in [-0.39, 0.29) is 17.5 Å². The first-order valence-electron chi connectivity index (χ1n) is 7.26. The van der Waals surface area contributed by atoms with Gasteiger partial charge in [0.25, 0.3) is 3.41 Å². The molecule has 0 aromatic heterocycles. The number of esters is 1. The van der Waals surface area contributed by atoms with Crippen molar-refractivity contribution in [3.8, 4) is 0 Å². The molecule has 0 saturated carbocycles. The Morgan fingerprint density at radius 1 is 1.26 bits per heavy atom. The number of benzene rings is 1. The molecule has 0 bridgehead atoms. The molecule has 0 unspecified atom stereocenters. The Bertz CT molecular complexity index is 638. The highest BCUT2D eigenvalue weighted by molar-refractivity contribution is 8.33. The van der Waals surface area contributed by atoms with Crippen LogP contribution in [0, 0.1) is 0 Å². The van der Waals surface area contributed by atoms with Crippen LogP contribution in [0.4, 0.5) is 0 Å². The summed E-state index contributed by atoms with van der Waals surface area (Å²) in [5.41, 5.74) is 0. The van der Waals surface area contributed by atoms with Crippen molar-refractivity contribution in [3.63, 3.8) is 0 Å². The molecule has 0 aliphatic carbocycles. The molecule has 1 aromatic rings. The summed E-state index contributed by atoms with van der Waals surface area (Å²) < 4.78 is 29.8. The van der Waals surface area contributed by atoms with Crippen molar-refractivity contribution in [2.45, 2.75) is 21.3 Å². The van der Waals surface area contributed by atoms with E-state index in [4.69, 9.17) is 4.74 Å². The average Bonchev–Trinajstić information content (AvgIpc) is 2.55. The molecule has 1 heterocycles. The molecule has 0 atom stereocenters. The molecule has 0 spiro atoms. The van der Waals surface area contributed by atoms with Crippen molar-refractivity contribution in [1.82, 2.24) is 4.90 Å². The number of carbonyl (C=O) groups is 1. The van der Waals surface area contributed by atoms with Crippen molar-refractivity contribution in [2.75, 3.05) is 32.2 Å². The number of thioether (sulfide) groups is 2. The molecule has 5 nitrogen and oxygen atoms in total. The fourth-order valence-electron chi connectivity index (χ4n) is 2.16. The molecule has 0 amide bonds. The highest BCUT2D eigenvalue weighted by atomic mass is 32.3. The molecule has 23 heavy (non-hydrogen) atoms. The molecule has 1 aliphatic rings. The van der Waals surface area contributed by atoms with Gasteiger partial charge in [-0.25, -0.2) is 13.2 Å². The zero-order valence-electron chi connectivity index (χ0n) is 13.4. The monoisotopic (exact) mass is 375 g/mol. The lowest BCUT2D eigenvalue weighted by molar-refractivity contribution is -0.141. The summed E-state index contributed by atoms with van der Waals surface area (Å²) in [6.07, 6.45) is 0. The maximum absolute atomic E-state index is 13.1. The molecule has 128 valence electrons. The lowest BCUT2D eigenvalue weighted by atomic mass is 10.4. The van der Waals surface area contributed by atoms with Gasteiger partial charge in [-0.15, -0.1) is 23.5 Å². The lowest BCUT2D eigenvalue weighted by Crippen LogP contribution is -2.49. The van der Waals surface area contributed by atoms with Crippen LogP contribution in [0.1, 0.15) is 6.92 Å². The van der Waals surface area contributed by atoms with E-state index in [1.54, 1.807) is 25.1 Å². The molecule has 2 rings (SSSR count). The molecule has 1 saturated heterocycles. The van der Waals surface area contributed by atoms with Gasteiger partial charge in [-0.05, 0) is 33.2 Å². The minimum Gasteiger partial charge on any atom is -0.464 e. The zero-order chi connectivity index (χ0) is 17.1. The summed E-state index contributed by atoms with van der Waals surface area (Å²) >= 11 is 2.31. The highest BCUT2D eigenvalue weighted by Crippen LogP contribution is 2.50. The first-order chi connectivity index (χ1) is 10.8. The minimum atomic E-state index is -3.86. The number of nitrogens with zero attached hydrogens (tertiary/aromatic N) is 1. The minimum absolute atomic E-state index is 0.149. The van der Waals surface area contributed by atoms with Crippen LogP contribution in [0.15, 0.2) is 35.2 Å². The van der Waals surface area contributed by atoms with E-state index in [2.05, 4.69) is 0 Å². The normalized spacial score (nSPS) is 25.3. The van der Waals surface area contributed by atoms with Crippen molar-refractivity contribution in [3.05, 3.63) is 30.3 Å². The fraction of sp³-hybridized carbons (Fsp3) is 0.533. The van der Waals surface area contributed by atoms with E-state index >= 15 is 0 Å². The molecule has 8 heteroatoms. The van der Waals surface area contributed by atoms with Gasteiger partial charge in [0.1, 0.15) is 0 Å². The fourth-order valence-corrected chi connectivity index (χ4v) is 8.39. The molecular weight excluding hydrogens is 354 g/mol. The standard InChI is InChI=1S/C15H21NO4S3/c1-4-20-14(17)15(21-10-12(11-22-15)16(2)3)23(18,19)13-8-6-5-7-9-13/h5-9,12H,4,10-11H2,1-3H3. The van der Waals surface area contributed by atoms with Gasteiger partial charge in [0.2, 0.25) is 9.84 Å². The summed E-state index contributed by atoms with van der Waals surface area (Å²) in [6, 6.07) is 8.34. The maximum atomic E-state index is 13.1. The Morgan fingerprint density at radius 3 is 2.30 bits per heavy atom. The summed E-state index contributed by atoms with van der Waals surface area (Å²) in [6.45, 7) is 1.84. The van der Waals surface area contributed by atoms with E-state index < -0.39 is 19.2 Å². The summed E-state index contributed by atoms with van der Waals surface area (Å²) in [7, 11) is 0.0451. The van der Waals surface area contributed by atoms with Crippen LogP contribution in [0.2, 0.25) is 0 Å². The average molecular weight is 376 g/mol. The van der Waals surface area contributed by atoms with Crippen LogP contribution in [-0.2, 0) is 19.4 Å². The van der Waals surface area contributed by atoms with Gasteiger partial charge in [0.05, 0.1) is 11.5 Å². The SMILES string of the molecule is CCOC(=O)C1(S(=O)(=O)c2ccccc2)SCC(N(C)C)CS1. The quantitative estimate of drug-likeness (QED) is 0.730. The molecule has 1 aliphatic heterocycles. The zero-order valence-corrected chi connectivity index (χ0v) is 15.8. The third-order valence-electron chi connectivity index (χ3n) is 3.59. The van der Waals surface area contributed by atoms with Crippen LogP contribution in [0.25, 0.3) is 0 Å². The molecule has 1 fully saturated rings. The predicted molar refractivity (Wildman–Crippen MR) is 95.4 cm³/mol. The van der Waals surface area contributed by atoms with Crippen LogP contribution in [0.5, 0.6) is 0 Å². The summed E-state index contributed by atoms with van der Waals surface area (Å²) in [4.78, 5) is 14.8. The summed E-state index contributed by atoms with van der Waals surface area (Å²) in [5.74, 6) is 0.437. The Balaban J connectivity index is 2.42. The van der Waals surface area contributed by atoms with Crippen LogP contribution in [-0.4, -0.2) is 60.9 Å². The third-order valence-corrected chi connectivity index (χ3v) is 10.3. The third kappa shape index (κ3) is 3.55. The van der Waals surface area contributed by atoms with Crippen molar-refractivity contribution in [2.24, 2.45) is 0 Å². The van der Waals surface area contributed by atoms with E-state index in [0.717, 1.165) is 23.5 Å². The van der Waals surface area contributed by atoms with E-state index in [1.165, 1.54) is 12.1 Å². The van der Waals surface area contributed by atoms with Gasteiger partial charge < -0.3 is 9.64 Å². The van der Waals surface area contributed by atoms with Gasteiger partial charge in [0.15, 0.2) is 0 Å². The predicted octanol–water partition coefficient (Wildman–Crippen LogP) is 2.09. The second-order valence-corrected chi connectivity index (χ2v) is 10.7. The van der Waals surface area contributed by atoms with Gasteiger partial charge in [-0.1, -0.05) is 18.2 Å². The number of ether oxygens (including phenoxy) is 1. The Hall–Kier alpha value is -0.700. The number of hydrogen-bond acceptors (Lipinski definition) is 7. The molecule has 1 aromatic carbocycles. The van der Waals surface area contributed by atoms with Gasteiger partial charge >= 0.3 is 5.97 Å². The maximum Gasteiger partial charge on any atom is 0.348 e. The van der Waals surface area contributed by atoms with E-state index in [9.17, 15) is 13.2 Å². The second-order valence-electron chi connectivity index (χ2n) is 5.33. The van der Waals surface area contributed by atoms with E-state index in [1.807, 2.05) is 19.0 Å². The number of sulfone groups is 1. The number of hydrogen-bond donors (Lipinski definition) is 0. The van der Waals surface area contributed by atoms with Crippen LogP contribution in [0.3, 0.4) is 0 Å². The molecular formula is C15H21NO4S3. The molecule has 0 N–H and O–H groups in total. The Kier molecular flexibility index (Phi) is 6.05. The Labute approximate surface area is 146 Å². The largest absolute Gasteiger partial charge is 0.464 e. The van der Waals surface area contributed by atoms with Gasteiger partial charge in [-0.3, -0.25) is 0 Å². The van der Waals surface area contributed by atoms with Gasteiger partial charge in [0, 0.05) is 17.5 Å².